The SMILES string of the molecule is CC(C)C(NC(=O)CCc1cccnc1)C(=O)NC1CCNC(=O)C1=O. The molecular weight excluding hydrogens is 336 g/mol. The molecule has 2 unspecified atom stereocenters. The second kappa shape index (κ2) is 9.07. The van der Waals surface area contributed by atoms with Gasteiger partial charge in [0.1, 0.15) is 6.04 Å². The predicted molar refractivity (Wildman–Crippen MR) is 93.9 cm³/mol. The van der Waals surface area contributed by atoms with E-state index in [1.54, 1.807) is 32.3 Å². The molecule has 0 aromatic carbocycles. The lowest BCUT2D eigenvalue weighted by molar-refractivity contribution is -0.142. The van der Waals surface area contributed by atoms with Gasteiger partial charge in [-0.1, -0.05) is 19.9 Å². The Hall–Kier alpha value is -2.77. The minimum Gasteiger partial charge on any atom is -0.349 e. The van der Waals surface area contributed by atoms with E-state index in [-0.39, 0.29) is 18.2 Å². The maximum Gasteiger partial charge on any atom is 0.289 e. The van der Waals surface area contributed by atoms with Crippen LogP contribution in [0.25, 0.3) is 0 Å². The van der Waals surface area contributed by atoms with Crippen LogP contribution in [0.4, 0.5) is 0 Å². The summed E-state index contributed by atoms with van der Waals surface area (Å²) in [5.41, 5.74) is 0.937. The molecule has 140 valence electrons. The summed E-state index contributed by atoms with van der Waals surface area (Å²) in [6.45, 7) is 3.95. The number of hydrogen-bond acceptors (Lipinski definition) is 5. The maximum atomic E-state index is 12.5. The van der Waals surface area contributed by atoms with Crippen LogP contribution in [0.15, 0.2) is 24.5 Å². The number of nitrogens with zero attached hydrogens (tertiary/aromatic N) is 1. The van der Waals surface area contributed by atoms with Gasteiger partial charge in [-0.3, -0.25) is 24.2 Å². The summed E-state index contributed by atoms with van der Waals surface area (Å²) in [6, 6.07) is 2.07. The smallest absolute Gasteiger partial charge is 0.289 e. The highest BCUT2D eigenvalue weighted by Crippen LogP contribution is 2.07. The number of carbonyl (C=O) groups excluding carboxylic acids is 4. The predicted octanol–water partition coefficient (Wildman–Crippen LogP) is -0.271. The zero-order valence-electron chi connectivity index (χ0n) is 15.0. The highest BCUT2D eigenvalue weighted by atomic mass is 16.2. The summed E-state index contributed by atoms with van der Waals surface area (Å²) in [6.07, 6.45) is 4.45. The monoisotopic (exact) mass is 360 g/mol. The number of rotatable bonds is 7. The number of pyridine rings is 1. The first kappa shape index (κ1) is 19.6. The molecule has 0 bridgehead atoms. The quantitative estimate of drug-likeness (QED) is 0.579. The highest BCUT2D eigenvalue weighted by molar-refractivity contribution is 6.39. The second-order valence-electron chi connectivity index (χ2n) is 6.62. The first-order valence-corrected chi connectivity index (χ1v) is 8.69. The van der Waals surface area contributed by atoms with Crippen LogP contribution in [0.5, 0.6) is 0 Å². The largest absolute Gasteiger partial charge is 0.349 e. The Bertz CT molecular complexity index is 675. The van der Waals surface area contributed by atoms with Crippen LogP contribution in [-0.4, -0.2) is 47.1 Å². The van der Waals surface area contributed by atoms with Gasteiger partial charge in [-0.25, -0.2) is 0 Å². The summed E-state index contributed by atoms with van der Waals surface area (Å²) < 4.78 is 0. The summed E-state index contributed by atoms with van der Waals surface area (Å²) >= 11 is 0. The zero-order valence-corrected chi connectivity index (χ0v) is 15.0. The van der Waals surface area contributed by atoms with E-state index < -0.39 is 29.7 Å². The van der Waals surface area contributed by atoms with Crippen molar-refractivity contribution in [3.63, 3.8) is 0 Å². The summed E-state index contributed by atoms with van der Waals surface area (Å²) in [5, 5.41) is 7.74. The van der Waals surface area contributed by atoms with E-state index in [4.69, 9.17) is 0 Å². The fourth-order valence-corrected chi connectivity index (χ4v) is 2.69. The number of carbonyl (C=O) groups is 4. The van der Waals surface area contributed by atoms with Gasteiger partial charge in [-0.15, -0.1) is 0 Å². The Morgan fingerprint density at radius 2 is 2.12 bits per heavy atom. The van der Waals surface area contributed by atoms with Gasteiger partial charge >= 0.3 is 0 Å². The molecule has 26 heavy (non-hydrogen) atoms. The number of hydrogen-bond donors (Lipinski definition) is 3. The third kappa shape index (κ3) is 5.37. The number of ketones is 1. The standard InChI is InChI=1S/C18H24N4O4/c1-11(2)15(17(25)21-13-7-9-20-18(26)16(13)24)22-14(23)6-5-12-4-3-8-19-10-12/h3-4,8,10-11,13,15H,5-7,9H2,1-2H3,(H,20,26)(H,21,25)(H,22,23). The van der Waals surface area contributed by atoms with Gasteiger partial charge in [0.25, 0.3) is 5.91 Å². The molecule has 2 rings (SSSR count). The molecule has 1 aromatic rings. The third-order valence-corrected chi connectivity index (χ3v) is 4.20. The van der Waals surface area contributed by atoms with Crippen LogP contribution in [0.2, 0.25) is 0 Å². The van der Waals surface area contributed by atoms with Crippen LogP contribution in [0.3, 0.4) is 0 Å². The molecule has 0 radical (unpaired) electrons. The van der Waals surface area contributed by atoms with Crippen molar-refractivity contribution in [3.05, 3.63) is 30.1 Å². The molecule has 1 fully saturated rings. The number of aromatic nitrogens is 1. The van der Waals surface area contributed by atoms with Gasteiger partial charge in [0.05, 0.1) is 6.04 Å². The van der Waals surface area contributed by atoms with E-state index in [9.17, 15) is 19.2 Å². The third-order valence-electron chi connectivity index (χ3n) is 4.20. The van der Waals surface area contributed by atoms with Crippen LogP contribution in [-0.2, 0) is 25.6 Å². The van der Waals surface area contributed by atoms with Crippen LogP contribution in [0, 0.1) is 5.92 Å². The Morgan fingerprint density at radius 3 is 2.77 bits per heavy atom. The molecule has 1 saturated heterocycles. The normalized spacial score (nSPS) is 18.2. The van der Waals surface area contributed by atoms with Gasteiger partial charge in [0.2, 0.25) is 17.6 Å². The molecule has 3 N–H and O–H groups in total. The second-order valence-corrected chi connectivity index (χ2v) is 6.62. The molecule has 1 aliphatic heterocycles. The molecular formula is C18H24N4O4. The first-order valence-electron chi connectivity index (χ1n) is 8.69. The van der Waals surface area contributed by atoms with Crippen molar-refractivity contribution >= 4 is 23.5 Å². The topological polar surface area (TPSA) is 117 Å². The van der Waals surface area contributed by atoms with E-state index in [1.165, 1.54) is 0 Å². The Kier molecular flexibility index (Phi) is 6.82. The average Bonchev–Trinajstić information content (AvgIpc) is 2.62. The Balaban J connectivity index is 1.90. The van der Waals surface area contributed by atoms with E-state index >= 15 is 0 Å². The molecule has 0 spiro atoms. The first-order chi connectivity index (χ1) is 12.4. The van der Waals surface area contributed by atoms with Gasteiger partial charge < -0.3 is 16.0 Å². The van der Waals surface area contributed by atoms with Crippen molar-refractivity contribution in [2.45, 2.75) is 45.2 Å². The Morgan fingerprint density at radius 1 is 1.35 bits per heavy atom. The lowest BCUT2D eigenvalue weighted by Crippen LogP contribution is -2.58. The zero-order chi connectivity index (χ0) is 19.1. The van der Waals surface area contributed by atoms with Crippen LogP contribution >= 0.6 is 0 Å². The van der Waals surface area contributed by atoms with Gasteiger partial charge in [0.15, 0.2) is 0 Å². The Labute approximate surface area is 152 Å². The number of nitrogens with one attached hydrogen (secondary N) is 3. The molecule has 8 nitrogen and oxygen atoms in total. The van der Waals surface area contributed by atoms with Crippen LogP contribution in [0.1, 0.15) is 32.3 Å². The minimum absolute atomic E-state index is 0.162. The summed E-state index contributed by atoms with van der Waals surface area (Å²) in [5.74, 6) is -2.22. The van der Waals surface area contributed by atoms with E-state index in [0.29, 0.717) is 19.4 Å². The number of aryl methyl sites for hydroxylation is 1. The van der Waals surface area contributed by atoms with Crippen molar-refractivity contribution < 1.29 is 19.2 Å². The molecule has 0 saturated carbocycles. The molecule has 3 amide bonds. The lowest BCUT2D eigenvalue weighted by atomic mass is 10.00. The maximum absolute atomic E-state index is 12.5. The lowest BCUT2D eigenvalue weighted by Gasteiger charge is -2.26. The summed E-state index contributed by atoms with van der Waals surface area (Å²) in [4.78, 5) is 51.9. The van der Waals surface area contributed by atoms with E-state index in [1.807, 2.05) is 6.07 Å². The highest BCUT2D eigenvalue weighted by Gasteiger charge is 2.33. The fourth-order valence-electron chi connectivity index (χ4n) is 2.69. The molecule has 2 heterocycles. The molecule has 8 heteroatoms. The molecule has 1 aliphatic rings. The van der Waals surface area contributed by atoms with E-state index in [0.717, 1.165) is 5.56 Å². The molecule has 0 aliphatic carbocycles. The number of piperidine rings is 1. The van der Waals surface area contributed by atoms with Crippen molar-refractivity contribution in [1.29, 1.82) is 0 Å². The summed E-state index contributed by atoms with van der Waals surface area (Å²) in [7, 11) is 0. The van der Waals surface area contributed by atoms with Crippen LogP contribution < -0.4 is 16.0 Å². The van der Waals surface area contributed by atoms with Crippen molar-refractivity contribution in [3.8, 4) is 0 Å². The van der Waals surface area contributed by atoms with E-state index in [2.05, 4.69) is 20.9 Å². The van der Waals surface area contributed by atoms with Crippen molar-refractivity contribution in [2.75, 3.05) is 6.54 Å². The van der Waals surface area contributed by atoms with Gasteiger partial charge in [-0.2, -0.15) is 0 Å². The minimum atomic E-state index is -0.843. The van der Waals surface area contributed by atoms with Gasteiger partial charge in [-0.05, 0) is 30.4 Å². The van der Waals surface area contributed by atoms with Crippen molar-refractivity contribution in [2.24, 2.45) is 5.92 Å². The van der Waals surface area contributed by atoms with Gasteiger partial charge in [0, 0.05) is 25.4 Å². The number of Topliss-reactive ketones (excluding diaryl/α,β-unsaturated/α-hetero) is 1. The average molecular weight is 360 g/mol. The molecule has 2 atom stereocenters. The fraction of sp³-hybridized carbons (Fsp3) is 0.500. The number of amides is 3. The van der Waals surface area contributed by atoms with Crippen molar-refractivity contribution in [1.82, 2.24) is 20.9 Å². The molecule has 1 aromatic heterocycles.